The van der Waals surface area contributed by atoms with Crippen molar-refractivity contribution in [1.82, 2.24) is 10.2 Å². The highest BCUT2D eigenvalue weighted by molar-refractivity contribution is 4.73. The van der Waals surface area contributed by atoms with Gasteiger partial charge in [-0.1, -0.05) is 0 Å². The average molecular weight is 228 g/mol. The van der Waals surface area contributed by atoms with Crippen LogP contribution in [0.2, 0.25) is 0 Å². The monoisotopic (exact) mass is 228 g/mol. The summed E-state index contributed by atoms with van der Waals surface area (Å²) in [4.78, 5) is 2.41. The summed E-state index contributed by atoms with van der Waals surface area (Å²) in [6.07, 6.45) is 2.81. The van der Waals surface area contributed by atoms with Gasteiger partial charge in [0.15, 0.2) is 0 Å². The summed E-state index contributed by atoms with van der Waals surface area (Å²) in [5.74, 6) is 0.815. The average Bonchev–Trinajstić information content (AvgIpc) is 2.31. The number of nitrogens with zero attached hydrogens (tertiary/aromatic N) is 1. The van der Waals surface area contributed by atoms with E-state index in [0.717, 1.165) is 45.4 Å². The number of hydrogen-bond acceptors (Lipinski definition) is 4. The fourth-order valence-electron chi connectivity index (χ4n) is 2.53. The highest BCUT2D eigenvalue weighted by Gasteiger charge is 2.19. The Bertz CT molecular complexity index is 169. The molecule has 4 heteroatoms. The summed E-state index contributed by atoms with van der Waals surface area (Å²) in [6, 6.07) is 0. The van der Waals surface area contributed by atoms with Crippen molar-refractivity contribution in [3.8, 4) is 0 Å². The third-order valence-electron chi connectivity index (χ3n) is 3.43. The molecule has 1 atom stereocenters. The summed E-state index contributed by atoms with van der Waals surface area (Å²) in [6.45, 7) is 6.97. The molecular formula is C12H24N2O2. The summed E-state index contributed by atoms with van der Waals surface area (Å²) < 4.78 is 11.1. The normalized spacial score (nSPS) is 28.5. The Morgan fingerprint density at radius 3 is 2.69 bits per heavy atom. The van der Waals surface area contributed by atoms with Crippen LogP contribution >= 0.6 is 0 Å². The molecule has 2 fully saturated rings. The fraction of sp³-hybridized carbons (Fsp3) is 1.00. The Balaban J connectivity index is 1.64. The summed E-state index contributed by atoms with van der Waals surface area (Å²) in [7, 11) is 2.20. The first-order chi connectivity index (χ1) is 7.84. The molecule has 1 unspecified atom stereocenters. The third kappa shape index (κ3) is 4.01. The lowest BCUT2D eigenvalue weighted by Gasteiger charge is -2.31. The molecule has 2 rings (SSSR count). The van der Waals surface area contributed by atoms with Crippen LogP contribution in [-0.4, -0.2) is 64.1 Å². The standard InChI is InChI=1S/C12H24N2O2/c1-14(9-11-2-5-15-6-3-11)10-12-8-13-4-7-16-12/h11-13H,2-10H2,1H3. The van der Waals surface area contributed by atoms with Crippen LogP contribution in [0, 0.1) is 5.92 Å². The first-order valence-corrected chi connectivity index (χ1v) is 6.43. The fourth-order valence-corrected chi connectivity index (χ4v) is 2.53. The molecule has 94 valence electrons. The van der Waals surface area contributed by atoms with Gasteiger partial charge in [0, 0.05) is 39.4 Å². The second-order valence-corrected chi connectivity index (χ2v) is 4.97. The van der Waals surface area contributed by atoms with Gasteiger partial charge < -0.3 is 19.7 Å². The number of rotatable bonds is 4. The van der Waals surface area contributed by atoms with E-state index < -0.39 is 0 Å². The van der Waals surface area contributed by atoms with Crippen molar-refractivity contribution in [2.24, 2.45) is 5.92 Å². The van der Waals surface area contributed by atoms with Crippen LogP contribution in [-0.2, 0) is 9.47 Å². The number of ether oxygens (including phenoxy) is 2. The molecule has 0 radical (unpaired) electrons. The minimum Gasteiger partial charge on any atom is -0.381 e. The Morgan fingerprint density at radius 1 is 1.19 bits per heavy atom. The molecule has 0 spiro atoms. The van der Waals surface area contributed by atoms with Crippen LogP contribution in [0.4, 0.5) is 0 Å². The van der Waals surface area contributed by atoms with Crippen molar-refractivity contribution in [3.63, 3.8) is 0 Å². The molecule has 1 N–H and O–H groups in total. The molecule has 4 nitrogen and oxygen atoms in total. The predicted octanol–water partition coefficient (Wildman–Crippen LogP) is 0.333. The maximum absolute atomic E-state index is 5.71. The molecule has 2 saturated heterocycles. The predicted molar refractivity (Wildman–Crippen MR) is 63.6 cm³/mol. The lowest BCUT2D eigenvalue weighted by molar-refractivity contribution is 0.00176. The molecule has 0 bridgehead atoms. The Morgan fingerprint density at radius 2 is 2.00 bits per heavy atom. The number of morpholine rings is 1. The van der Waals surface area contributed by atoms with Crippen molar-refractivity contribution in [2.75, 3.05) is 53.0 Å². The molecule has 0 aliphatic carbocycles. The van der Waals surface area contributed by atoms with Gasteiger partial charge in [-0.3, -0.25) is 0 Å². The number of likely N-dealkylation sites (N-methyl/N-ethyl adjacent to an activating group) is 1. The van der Waals surface area contributed by atoms with Crippen LogP contribution < -0.4 is 5.32 Å². The van der Waals surface area contributed by atoms with Gasteiger partial charge in [-0.2, -0.15) is 0 Å². The van der Waals surface area contributed by atoms with E-state index in [1.807, 2.05) is 0 Å². The molecule has 2 aliphatic heterocycles. The van der Waals surface area contributed by atoms with Crippen LogP contribution in [0.1, 0.15) is 12.8 Å². The molecule has 16 heavy (non-hydrogen) atoms. The zero-order chi connectivity index (χ0) is 11.2. The second kappa shape index (κ2) is 6.55. The maximum Gasteiger partial charge on any atom is 0.0826 e. The largest absolute Gasteiger partial charge is 0.381 e. The first kappa shape index (κ1) is 12.3. The molecule has 0 saturated carbocycles. The number of hydrogen-bond donors (Lipinski definition) is 1. The summed E-state index contributed by atoms with van der Waals surface area (Å²) >= 11 is 0. The first-order valence-electron chi connectivity index (χ1n) is 6.43. The molecule has 0 aromatic rings. The second-order valence-electron chi connectivity index (χ2n) is 4.97. The Kier molecular flexibility index (Phi) is 5.03. The van der Waals surface area contributed by atoms with Gasteiger partial charge in [0.05, 0.1) is 12.7 Å². The zero-order valence-corrected chi connectivity index (χ0v) is 10.3. The van der Waals surface area contributed by atoms with Gasteiger partial charge in [0.25, 0.3) is 0 Å². The van der Waals surface area contributed by atoms with Crippen molar-refractivity contribution in [1.29, 1.82) is 0 Å². The highest BCUT2D eigenvalue weighted by atomic mass is 16.5. The molecule has 2 aliphatic rings. The van der Waals surface area contributed by atoms with Crippen LogP contribution in [0.5, 0.6) is 0 Å². The van der Waals surface area contributed by atoms with E-state index in [1.54, 1.807) is 0 Å². The van der Waals surface area contributed by atoms with Gasteiger partial charge in [0.2, 0.25) is 0 Å². The topological polar surface area (TPSA) is 33.7 Å². The van der Waals surface area contributed by atoms with Crippen molar-refractivity contribution >= 4 is 0 Å². The quantitative estimate of drug-likeness (QED) is 0.752. The zero-order valence-electron chi connectivity index (χ0n) is 10.3. The van der Waals surface area contributed by atoms with Crippen LogP contribution in [0.15, 0.2) is 0 Å². The van der Waals surface area contributed by atoms with E-state index in [0.29, 0.717) is 6.10 Å². The van der Waals surface area contributed by atoms with Gasteiger partial charge in [-0.05, 0) is 25.8 Å². The lowest BCUT2D eigenvalue weighted by atomic mass is 10.00. The highest BCUT2D eigenvalue weighted by Crippen LogP contribution is 2.15. The maximum atomic E-state index is 5.71. The van der Waals surface area contributed by atoms with Gasteiger partial charge in [-0.25, -0.2) is 0 Å². The van der Waals surface area contributed by atoms with Gasteiger partial charge in [0.1, 0.15) is 0 Å². The smallest absolute Gasteiger partial charge is 0.0826 e. The van der Waals surface area contributed by atoms with Crippen molar-refractivity contribution in [3.05, 3.63) is 0 Å². The molecular weight excluding hydrogens is 204 g/mol. The van der Waals surface area contributed by atoms with E-state index >= 15 is 0 Å². The Hall–Kier alpha value is -0.160. The molecule has 0 aromatic heterocycles. The summed E-state index contributed by atoms with van der Waals surface area (Å²) in [5, 5.41) is 3.37. The van der Waals surface area contributed by atoms with Gasteiger partial charge in [-0.15, -0.1) is 0 Å². The van der Waals surface area contributed by atoms with Crippen molar-refractivity contribution < 1.29 is 9.47 Å². The number of nitrogens with one attached hydrogen (secondary N) is 1. The molecule has 0 amide bonds. The minimum atomic E-state index is 0.374. The van der Waals surface area contributed by atoms with Gasteiger partial charge >= 0.3 is 0 Å². The Labute approximate surface area is 98.3 Å². The molecule has 0 aromatic carbocycles. The van der Waals surface area contributed by atoms with Crippen LogP contribution in [0.25, 0.3) is 0 Å². The summed E-state index contributed by atoms with van der Waals surface area (Å²) in [5.41, 5.74) is 0. The van der Waals surface area contributed by atoms with E-state index in [1.165, 1.54) is 19.4 Å². The minimum absolute atomic E-state index is 0.374. The third-order valence-corrected chi connectivity index (χ3v) is 3.43. The van der Waals surface area contributed by atoms with E-state index in [9.17, 15) is 0 Å². The van der Waals surface area contributed by atoms with E-state index in [-0.39, 0.29) is 0 Å². The SMILES string of the molecule is CN(CC1CCOCC1)CC1CNCCO1. The van der Waals surface area contributed by atoms with Crippen LogP contribution in [0.3, 0.4) is 0 Å². The molecule has 2 heterocycles. The van der Waals surface area contributed by atoms with E-state index in [4.69, 9.17) is 9.47 Å². The van der Waals surface area contributed by atoms with E-state index in [2.05, 4.69) is 17.3 Å². The van der Waals surface area contributed by atoms with Crippen molar-refractivity contribution in [2.45, 2.75) is 18.9 Å². The lowest BCUT2D eigenvalue weighted by Crippen LogP contribution is -2.45.